The maximum absolute atomic E-state index is 14.0. The number of rotatable bonds is 6. The van der Waals surface area contributed by atoms with Gasteiger partial charge in [0.15, 0.2) is 0 Å². The second-order valence-corrected chi connectivity index (χ2v) is 11.4. The third kappa shape index (κ3) is 5.62. The maximum Gasteiger partial charge on any atom is 0.347 e. The molecule has 0 spiro atoms. The lowest BCUT2D eigenvalue weighted by molar-refractivity contribution is 0.252. The molecule has 234 valence electrons. The summed E-state index contributed by atoms with van der Waals surface area (Å²) in [6.07, 6.45) is 6.19. The minimum Gasteiger partial charge on any atom is -0.308 e. The van der Waals surface area contributed by atoms with Crippen LogP contribution in [-0.2, 0) is 0 Å². The molecule has 7 aromatic rings. The molecule has 1 amide bonds. The Morgan fingerprint density at radius 3 is 1.88 bits per heavy atom. The zero-order valence-corrected chi connectivity index (χ0v) is 26.0. The highest BCUT2D eigenvalue weighted by atomic mass is 19.1. The number of benzene rings is 4. The zero-order chi connectivity index (χ0) is 33.4. The van der Waals surface area contributed by atoms with Crippen LogP contribution in [0.2, 0.25) is 0 Å². The molecule has 3 heterocycles. The Labute approximate surface area is 275 Å². The summed E-state index contributed by atoms with van der Waals surface area (Å²) in [7, 11) is 0. The van der Waals surface area contributed by atoms with E-state index in [0.717, 1.165) is 44.5 Å². The molecule has 3 aromatic heterocycles. The first-order chi connectivity index (χ1) is 23.3. The maximum atomic E-state index is 14.0. The molecule has 7 nitrogen and oxygen atoms in total. The van der Waals surface area contributed by atoms with Gasteiger partial charge < -0.3 is 10.7 Å². The van der Waals surface area contributed by atoms with Crippen molar-refractivity contribution in [2.45, 2.75) is 13.8 Å². The first-order valence-electron chi connectivity index (χ1n) is 15.2. The molecule has 0 bridgehead atoms. The SMILES string of the molecule is Cc1cc(-c2ncccc2-c2ccc(NC(=O)n3ncc4cc(-c5cccnc5-c5ccc(F)c(C)c5)ccc43)c(C=N)c2)ccc1F. The van der Waals surface area contributed by atoms with E-state index in [4.69, 9.17) is 5.41 Å². The quantitative estimate of drug-likeness (QED) is 0.178. The van der Waals surface area contributed by atoms with Crippen LogP contribution in [0.15, 0.2) is 116 Å². The number of pyridine rings is 2. The van der Waals surface area contributed by atoms with E-state index < -0.39 is 6.03 Å². The van der Waals surface area contributed by atoms with Crippen molar-refractivity contribution < 1.29 is 13.6 Å². The van der Waals surface area contributed by atoms with Gasteiger partial charge in [-0.05, 0) is 109 Å². The Morgan fingerprint density at radius 2 is 1.29 bits per heavy atom. The van der Waals surface area contributed by atoms with Gasteiger partial charge in [-0.1, -0.05) is 24.3 Å². The van der Waals surface area contributed by atoms with Crippen LogP contribution in [0.1, 0.15) is 16.7 Å². The first-order valence-corrected chi connectivity index (χ1v) is 15.2. The van der Waals surface area contributed by atoms with E-state index >= 15 is 0 Å². The van der Waals surface area contributed by atoms with E-state index in [1.165, 1.54) is 23.0 Å². The van der Waals surface area contributed by atoms with Crippen molar-refractivity contribution in [2.24, 2.45) is 0 Å². The minimum absolute atomic E-state index is 0.272. The lowest BCUT2D eigenvalue weighted by atomic mass is 9.96. The number of nitrogens with one attached hydrogen (secondary N) is 2. The number of nitrogens with zero attached hydrogens (tertiary/aromatic N) is 4. The van der Waals surface area contributed by atoms with Crippen LogP contribution in [-0.4, -0.2) is 32.0 Å². The van der Waals surface area contributed by atoms with E-state index in [9.17, 15) is 13.6 Å². The van der Waals surface area contributed by atoms with E-state index in [1.807, 2.05) is 48.5 Å². The van der Waals surface area contributed by atoms with Crippen LogP contribution in [0.4, 0.5) is 19.3 Å². The number of aromatic nitrogens is 4. The number of hydrogen-bond acceptors (Lipinski definition) is 5. The molecule has 2 N–H and O–H groups in total. The average molecular weight is 635 g/mol. The topological polar surface area (TPSA) is 96.6 Å². The summed E-state index contributed by atoms with van der Waals surface area (Å²) in [6, 6.07) is 27.9. The van der Waals surface area contributed by atoms with E-state index in [0.29, 0.717) is 33.6 Å². The molecule has 0 saturated carbocycles. The van der Waals surface area contributed by atoms with Crippen LogP contribution >= 0.6 is 0 Å². The van der Waals surface area contributed by atoms with Crippen molar-refractivity contribution in [2.75, 3.05) is 5.32 Å². The lowest BCUT2D eigenvalue weighted by Crippen LogP contribution is -2.21. The highest BCUT2D eigenvalue weighted by Crippen LogP contribution is 2.34. The van der Waals surface area contributed by atoms with Crippen molar-refractivity contribution in [1.82, 2.24) is 19.7 Å². The summed E-state index contributed by atoms with van der Waals surface area (Å²) >= 11 is 0. The Hall–Kier alpha value is -6.35. The van der Waals surface area contributed by atoms with Crippen molar-refractivity contribution in [3.05, 3.63) is 144 Å². The molecule has 0 unspecified atom stereocenters. The number of aryl methyl sites for hydroxylation is 2. The van der Waals surface area contributed by atoms with E-state index in [1.54, 1.807) is 68.8 Å². The van der Waals surface area contributed by atoms with Crippen LogP contribution in [0, 0.1) is 30.9 Å². The van der Waals surface area contributed by atoms with Gasteiger partial charge in [-0.15, -0.1) is 0 Å². The molecule has 0 aliphatic rings. The molecule has 4 aromatic carbocycles. The molecule has 0 aliphatic carbocycles. The van der Waals surface area contributed by atoms with Gasteiger partial charge in [0.1, 0.15) is 11.6 Å². The Balaban J connectivity index is 1.17. The predicted octanol–water partition coefficient (Wildman–Crippen LogP) is 9.47. The lowest BCUT2D eigenvalue weighted by Gasteiger charge is -2.13. The number of carbonyl (C=O) groups is 1. The summed E-state index contributed by atoms with van der Waals surface area (Å²) < 4.78 is 29.2. The monoisotopic (exact) mass is 634 g/mol. The normalized spacial score (nSPS) is 11.1. The standard InChI is InChI=1S/C39H28F2N6O/c1-23-17-27(7-11-33(23)40)37-31(5-3-15-43-37)25-9-13-35(29(19-25)21-42)46-39(48)47-36-14-10-26(20-30(36)22-45-47)32-6-4-16-44-38(32)28-8-12-34(41)24(2)18-28/h3-22,42H,1-2H3,(H,46,48). The fourth-order valence-electron chi connectivity index (χ4n) is 5.81. The van der Waals surface area contributed by atoms with Gasteiger partial charge in [0.25, 0.3) is 0 Å². The van der Waals surface area contributed by atoms with Crippen LogP contribution < -0.4 is 5.32 Å². The molecule has 0 radical (unpaired) electrons. The van der Waals surface area contributed by atoms with Gasteiger partial charge >= 0.3 is 6.03 Å². The van der Waals surface area contributed by atoms with Crippen molar-refractivity contribution in [3.8, 4) is 44.8 Å². The summed E-state index contributed by atoms with van der Waals surface area (Å²) in [4.78, 5) is 22.6. The molecule has 0 saturated heterocycles. The summed E-state index contributed by atoms with van der Waals surface area (Å²) in [5.41, 5.74) is 8.91. The second kappa shape index (κ2) is 12.4. The second-order valence-electron chi connectivity index (χ2n) is 11.4. The van der Waals surface area contributed by atoms with Gasteiger partial charge in [0.2, 0.25) is 0 Å². The molecule has 48 heavy (non-hydrogen) atoms. The molecular formula is C39H28F2N6O. The highest BCUT2D eigenvalue weighted by molar-refractivity contribution is 6.02. The van der Waals surface area contributed by atoms with Crippen molar-refractivity contribution in [1.29, 1.82) is 5.41 Å². The van der Waals surface area contributed by atoms with Crippen LogP contribution in [0.25, 0.3) is 55.7 Å². The number of carbonyl (C=O) groups excluding carboxylic acids is 1. The Kier molecular flexibility index (Phi) is 7.86. The van der Waals surface area contributed by atoms with Gasteiger partial charge in [-0.3, -0.25) is 9.97 Å². The highest BCUT2D eigenvalue weighted by Gasteiger charge is 2.17. The smallest absolute Gasteiger partial charge is 0.308 e. The molecule has 0 fully saturated rings. The van der Waals surface area contributed by atoms with Crippen molar-refractivity contribution >= 4 is 28.8 Å². The number of halogens is 2. The third-order valence-corrected chi connectivity index (χ3v) is 8.31. The van der Waals surface area contributed by atoms with Gasteiger partial charge in [-0.2, -0.15) is 9.78 Å². The number of hydrogen-bond donors (Lipinski definition) is 2. The molecular weight excluding hydrogens is 606 g/mol. The third-order valence-electron chi connectivity index (χ3n) is 8.31. The summed E-state index contributed by atoms with van der Waals surface area (Å²) in [6.45, 7) is 3.43. The minimum atomic E-state index is -0.485. The van der Waals surface area contributed by atoms with Gasteiger partial charge in [0, 0.05) is 51.8 Å². The summed E-state index contributed by atoms with van der Waals surface area (Å²) in [5, 5.41) is 16.1. The van der Waals surface area contributed by atoms with Gasteiger partial charge in [-0.25, -0.2) is 13.6 Å². The Bertz CT molecular complexity index is 2380. The van der Waals surface area contributed by atoms with Gasteiger partial charge in [0.05, 0.1) is 28.8 Å². The number of anilines is 1. The zero-order valence-electron chi connectivity index (χ0n) is 26.0. The average Bonchev–Trinajstić information content (AvgIpc) is 3.54. The fourth-order valence-corrected chi connectivity index (χ4v) is 5.81. The fraction of sp³-hybridized carbons (Fsp3) is 0.0513. The molecule has 7 rings (SSSR count). The molecule has 0 aliphatic heterocycles. The molecule has 9 heteroatoms. The summed E-state index contributed by atoms with van der Waals surface area (Å²) in [5.74, 6) is -0.557. The predicted molar refractivity (Wildman–Crippen MR) is 185 cm³/mol. The van der Waals surface area contributed by atoms with Crippen LogP contribution in [0.5, 0.6) is 0 Å². The van der Waals surface area contributed by atoms with E-state index in [2.05, 4.69) is 20.4 Å². The number of amides is 1. The van der Waals surface area contributed by atoms with Crippen LogP contribution in [0.3, 0.4) is 0 Å². The first kappa shape index (κ1) is 30.3. The molecule has 0 atom stereocenters. The largest absolute Gasteiger partial charge is 0.347 e. The number of fused-ring (bicyclic) bond motifs is 1. The van der Waals surface area contributed by atoms with E-state index in [-0.39, 0.29) is 11.6 Å². The van der Waals surface area contributed by atoms with Crippen molar-refractivity contribution in [3.63, 3.8) is 0 Å². The Morgan fingerprint density at radius 1 is 0.729 bits per heavy atom.